The Kier molecular flexibility index (Phi) is 9.28. The number of piperidine rings is 2. The van der Waals surface area contributed by atoms with E-state index in [1.54, 1.807) is 24.5 Å². The van der Waals surface area contributed by atoms with Gasteiger partial charge in [-0.05, 0) is 85.7 Å². The first-order valence-corrected chi connectivity index (χ1v) is 21.3. The predicted molar refractivity (Wildman–Crippen MR) is 224 cm³/mol. The van der Waals surface area contributed by atoms with Crippen molar-refractivity contribution in [2.24, 2.45) is 11.3 Å². The third kappa shape index (κ3) is 6.28. The highest BCUT2D eigenvalue weighted by Crippen LogP contribution is 2.61. The molecule has 314 valence electrons. The highest BCUT2D eigenvalue weighted by molar-refractivity contribution is 6.05. The Balaban J connectivity index is 0.720. The summed E-state index contributed by atoms with van der Waals surface area (Å²) in [5.74, 6) is 0.260. The molecular weight excluding hydrogens is 778 g/mol. The lowest BCUT2D eigenvalue weighted by atomic mass is 9.45. The van der Waals surface area contributed by atoms with Gasteiger partial charge in [-0.3, -0.25) is 34.4 Å². The first kappa shape index (κ1) is 39.0. The van der Waals surface area contributed by atoms with Gasteiger partial charge in [0.15, 0.2) is 0 Å². The number of halogens is 1. The smallest absolute Gasteiger partial charge is 0.255 e. The quantitative estimate of drug-likeness (QED) is 0.256. The number of nitrogens with zero attached hydrogens (tertiary/aromatic N) is 7. The number of hydrogen-bond donors (Lipinski definition) is 2. The first-order valence-electron chi connectivity index (χ1n) is 21.3. The number of anilines is 2. The summed E-state index contributed by atoms with van der Waals surface area (Å²) in [6.45, 7) is 12.2. The number of fused-ring (bicyclic) bond motifs is 3. The van der Waals surface area contributed by atoms with Crippen LogP contribution in [0.15, 0.2) is 54.9 Å². The molecule has 3 saturated heterocycles. The average Bonchev–Trinajstić information content (AvgIpc) is 3.58. The van der Waals surface area contributed by atoms with Crippen molar-refractivity contribution in [3.05, 3.63) is 88.5 Å². The normalized spacial score (nSPS) is 25.9. The molecule has 1 unspecified atom stereocenters. The SMILES string of the molecule is CC1(C)[C@H](NC(=O)c2ccc(N3CCC(CN4CCN(c5cc6c(cc5F)C(=O)N([C@H]5CCC(=O)NC5=O)C6)CC4)CC3)nc2)C2(C)c3ccnc4c(C#N)ccc(c34)O[C@@H]12. The molecule has 2 aromatic carbocycles. The molecular formula is C46H48FN9O5. The summed E-state index contributed by atoms with van der Waals surface area (Å²) in [6, 6.07) is 13.7. The summed E-state index contributed by atoms with van der Waals surface area (Å²) >= 11 is 0. The number of imide groups is 1. The zero-order valence-corrected chi connectivity index (χ0v) is 34.5. The second-order valence-corrected chi connectivity index (χ2v) is 18.3. The Hall–Kier alpha value is -6.14. The number of rotatable bonds is 7. The van der Waals surface area contributed by atoms with Gasteiger partial charge < -0.3 is 24.8 Å². The molecule has 10 rings (SSSR count). The molecule has 61 heavy (non-hydrogen) atoms. The van der Waals surface area contributed by atoms with Crippen LogP contribution in [0.5, 0.6) is 5.75 Å². The van der Waals surface area contributed by atoms with E-state index < -0.39 is 23.2 Å². The van der Waals surface area contributed by atoms with E-state index >= 15 is 4.39 Å². The van der Waals surface area contributed by atoms with E-state index in [-0.39, 0.29) is 60.2 Å². The number of carbonyl (C=O) groups is 4. The zero-order chi connectivity index (χ0) is 42.4. The lowest BCUT2D eigenvalue weighted by Gasteiger charge is -2.66. The van der Waals surface area contributed by atoms with Crippen LogP contribution in [0, 0.1) is 28.5 Å². The number of nitrogens with one attached hydrogen (secondary N) is 2. The third-order valence-electron chi connectivity index (χ3n) is 14.4. The first-order chi connectivity index (χ1) is 29.3. The van der Waals surface area contributed by atoms with Crippen LogP contribution < -0.4 is 25.2 Å². The number of piperazine rings is 1. The van der Waals surface area contributed by atoms with Crippen LogP contribution in [-0.4, -0.2) is 107 Å². The van der Waals surface area contributed by atoms with Crippen molar-refractivity contribution in [2.45, 2.75) is 76.6 Å². The van der Waals surface area contributed by atoms with Gasteiger partial charge in [-0.25, -0.2) is 9.37 Å². The minimum atomic E-state index is -0.734. The molecule has 7 heterocycles. The van der Waals surface area contributed by atoms with Crippen molar-refractivity contribution in [3.63, 3.8) is 0 Å². The monoisotopic (exact) mass is 825 g/mol. The molecule has 0 bridgehead atoms. The molecule has 4 fully saturated rings. The number of amides is 4. The molecule has 14 nitrogen and oxygen atoms in total. The minimum absolute atomic E-state index is 0.172. The number of aromatic nitrogens is 2. The lowest BCUT2D eigenvalue weighted by molar-refractivity contribution is -0.136. The van der Waals surface area contributed by atoms with Crippen molar-refractivity contribution >= 4 is 46.0 Å². The molecule has 1 aliphatic carbocycles. The summed E-state index contributed by atoms with van der Waals surface area (Å²) in [6.07, 6.45) is 5.69. The Morgan fingerprint density at radius 2 is 1.77 bits per heavy atom. The molecule has 15 heteroatoms. The number of nitriles is 1. The minimum Gasteiger partial charge on any atom is -0.488 e. The van der Waals surface area contributed by atoms with Gasteiger partial charge in [-0.1, -0.05) is 13.8 Å². The topological polar surface area (TPSA) is 164 Å². The molecule has 0 spiro atoms. The second kappa shape index (κ2) is 14.5. The van der Waals surface area contributed by atoms with Gasteiger partial charge in [0.05, 0.1) is 33.8 Å². The summed E-state index contributed by atoms with van der Waals surface area (Å²) in [5, 5.41) is 16.2. The van der Waals surface area contributed by atoms with Crippen LogP contribution in [0.2, 0.25) is 0 Å². The van der Waals surface area contributed by atoms with Gasteiger partial charge >= 0.3 is 0 Å². The largest absolute Gasteiger partial charge is 0.488 e. The molecule has 2 aromatic heterocycles. The summed E-state index contributed by atoms with van der Waals surface area (Å²) in [4.78, 5) is 68.5. The Labute approximate surface area is 353 Å². The number of ether oxygens (including phenoxy) is 1. The number of benzene rings is 2. The van der Waals surface area contributed by atoms with Crippen LogP contribution >= 0.6 is 0 Å². The van der Waals surface area contributed by atoms with E-state index in [2.05, 4.69) is 52.3 Å². The predicted octanol–water partition coefficient (Wildman–Crippen LogP) is 4.30. The van der Waals surface area contributed by atoms with E-state index in [9.17, 15) is 24.4 Å². The second-order valence-electron chi connectivity index (χ2n) is 18.3. The standard InChI is InChI=1S/C46H48FN9O5/c1-45(2)43(46(3)31-10-13-49-39-27(22-48)4-7-35(38(31)39)61-44(45)46)52-40(58)28-5-8-36(50-23-28)55-14-11-26(12-15-55)24-53-16-18-54(19-17-53)34-20-29-25-56(42(60)30(29)21-32(34)47)33-6-9-37(57)51-41(33)59/h4-5,7-8,10,13,20-21,23,26,33,43-44H,6,9,11-12,14-19,24-25H2,1-3H3,(H,52,58)(H,51,57,59)/t33-,43-,44-,46?/m0/s1. The molecule has 4 atom stereocenters. The molecule has 0 radical (unpaired) electrons. The van der Waals surface area contributed by atoms with Crippen LogP contribution in [0.3, 0.4) is 0 Å². The summed E-state index contributed by atoms with van der Waals surface area (Å²) < 4.78 is 22.0. The Morgan fingerprint density at radius 1 is 0.984 bits per heavy atom. The van der Waals surface area contributed by atoms with Gasteiger partial charge in [0.1, 0.15) is 35.6 Å². The third-order valence-corrected chi connectivity index (χ3v) is 14.4. The van der Waals surface area contributed by atoms with E-state index in [4.69, 9.17) is 9.72 Å². The van der Waals surface area contributed by atoms with E-state index in [0.29, 0.717) is 46.9 Å². The van der Waals surface area contributed by atoms with Crippen LogP contribution in [0.4, 0.5) is 15.9 Å². The summed E-state index contributed by atoms with van der Waals surface area (Å²) in [7, 11) is 0. The maximum Gasteiger partial charge on any atom is 0.255 e. The maximum absolute atomic E-state index is 15.5. The highest BCUT2D eigenvalue weighted by atomic mass is 19.1. The van der Waals surface area contributed by atoms with Crippen molar-refractivity contribution in [1.29, 1.82) is 5.26 Å². The van der Waals surface area contributed by atoms with Crippen LogP contribution in [-0.2, 0) is 21.5 Å². The van der Waals surface area contributed by atoms with Crippen LogP contribution in [0.25, 0.3) is 10.9 Å². The van der Waals surface area contributed by atoms with Gasteiger partial charge in [-0.15, -0.1) is 0 Å². The molecule has 2 N–H and O–H groups in total. The number of pyridine rings is 2. The Bertz CT molecular complexity index is 2540. The van der Waals surface area contributed by atoms with E-state index in [0.717, 1.165) is 68.1 Å². The van der Waals surface area contributed by atoms with Crippen molar-refractivity contribution in [3.8, 4) is 11.8 Å². The molecule has 4 aromatic rings. The van der Waals surface area contributed by atoms with E-state index in [1.165, 1.54) is 11.0 Å². The number of carbonyl (C=O) groups excluding carboxylic acids is 4. The summed E-state index contributed by atoms with van der Waals surface area (Å²) in [5.41, 5.74) is 3.19. The van der Waals surface area contributed by atoms with Gasteiger partial charge in [0.25, 0.3) is 11.8 Å². The maximum atomic E-state index is 15.5. The molecule has 5 aliphatic heterocycles. The van der Waals surface area contributed by atoms with Crippen molar-refractivity contribution < 1.29 is 28.3 Å². The highest BCUT2D eigenvalue weighted by Gasteiger charge is 2.69. The average molecular weight is 826 g/mol. The van der Waals surface area contributed by atoms with Crippen molar-refractivity contribution in [1.82, 2.24) is 30.4 Å². The fourth-order valence-corrected chi connectivity index (χ4v) is 11.3. The number of hydrogen-bond acceptors (Lipinski definition) is 11. The lowest BCUT2D eigenvalue weighted by Crippen LogP contribution is -2.78. The zero-order valence-electron chi connectivity index (χ0n) is 34.5. The van der Waals surface area contributed by atoms with Gasteiger partial charge in [0, 0.05) is 87.5 Å². The van der Waals surface area contributed by atoms with Gasteiger partial charge in [-0.2, -0.15) is 5.26 Å². The fraction of sp³-hybridized carbons (Fsp3) is 0.457. The van der Waals surface area contributed by atoms with Crippen LogP contribution in [0.1, 0.15) is 83.9 Å². The Morgan fingerprint density at radius 3 is 2.49 bits per heavy atom. The van der Waals surface area contributed by atoms with Crippen molar-refractivity contribution in [2.75, 3.05) is 55.6 Å². The van der Waals surface area contributed by atoms with Gasteiger partial charge in [0.2, 0.25) is 11.8 Å². The van der Waals surface area contributed by atoms with E-state index in [1.807, 2.05) is 29.2 Å². The molecule has 1 saturated carbocycles. The molecule has 4 amide bonds. The fourth-order valence-electron chi connectivity index (χ4n) is 11.3. The molecule has 6 aliphatic rings.